The molecule has 0 atom stereocenters. The van der Waals surface area contributed by atoms with Crippen LogP contribution in [0.2, 0.25) is 5.02 Å². The van der Waals surface area contributed by atoms with Crippen molar-refractivity contribution in [3.63, 3.8) is 0 Å². The largest absolute Gasteiger partial charge is 0.361 e. The number of nitrogens with one attached hydrogen (secondary N) is 1. The van der Waals surface area contributed by atoms with Crippen molar-refractivity contribution in [1.29, 1.82) is 0 Å². The van der Waals surface area contributed by atoms with Crippen LogP contribution in [0.4, 0.5) is 0 Å². The number of guanidine groups is 1. The molecule has 3 heterocycles. The topological polar surface area (TPSA) is 74.7 Å². The van der Waals surface area contributed by atoms with Gasteiger partial charge in [-0.05, 0) is 31.2 Å². The highest BCUT2D eigenvalue weighted by atomic mass is 35.5. The molecular weight excluding hydrogens is 402 g/mol. The number of hydrogen-bond donors (Lipinski definition) is 1. The van der Waals surface area contributed by atoms with Gasteiger partial charge in [0.25, 0.3) is 0 Å². The minimum absolute atomic E-state index is 0.665. The average molecular weight is 428 g/mol. The van der Waals surface area contributed by atoms with Crippen LogP contribution in [-0.2, 0) is 13.1 Å². The summed E-state index contributed by atoms with van der Waals surface area (Å²) in [5.74, 6) is 1.76. The third kappa shape index (κ3) is 5.01. The molecule has 30 heavy (non-hydrogen) atoms. The highest BCUT2D eigenvalue weighted by molar-refractivity contribution is 6.30. The fourth-order valence-electron chi connectivity index (χ4n) is 3.54. The van der Waals surface area contributed by atoms with Gasteiger partial charge in [0, 0.05) is 69.2 Å². The molecule has 9 heteroatoms. The van der Waals surface area contributed by atoms with Crippen molar-refractivity contribution in [2.45, 2.75) is 20.0 Å². The van der Waals surface area contributed by atoms with Crippen LogP contribution in [0.5, 0.6) is 0 Å². The van der Waals surface area contributed by atoms with E-state index in [2.05, 4.69) is 30.4 Å². The zero-order valence-electron chi connectivity index (χ0n) is 17.3. The second-order valence-corrected chi connectivity index (χ2v) is 7.80. The SMILES string of the molecule is CN=C(NCc1cnn(-c2ccc(Cl)cc2)c1)N1CCN(Cc2cc(C)on2)CC1. The minimum atomic E-state index is 0.665. The maximum Gasteiger partial charge on any atom is 0.194 e. The third-order valence-electron chi connectivity index (χ3n) is 5.12. The van der Waals surface area contributed by atoms with Crippen LogP contribution in [-0.4, -0.2) is 63.9 Å². The molecule has 0 amide bonds. The molecule has 158 valence electrons. The number of halogens is 1. The first kappa shape index (κ1) is 20.4. The summed E-state index contributed by atoms with van der Waals surface area (Å²) in [4.78, 5) is 9.13. The Morgan fingerprint density at radius 3 is 2.63 bits per heavy atom. The fourth-order valence-corrected chi connectivity index (χ4v) is 3.67. The number of aromatic nitrogens is 3. The van der Waals surface area contributed by atoms with Gasteiger partial charge in [0.2, 0.25) is 0 Å². The Kier molecular flexibility index (Phi) is 6.35. The van der Waals surface area contributed by atoms with Crippen molar-refractivity contribution >= 4 is 17.6 Å². The Bertz CT molecular complexity index is 987. The van der Waals surface area contributed by atoms with Gasteiger partial charge in [-0.15, -0.1) is 0 Å². The summed E-state index contributed by atoms with van der Waals surface area (Å²) in [6, 6.07) is 9.62. The molecule has 1 aliphatic heterocycles. The molecule has 4 rings (SSSR count). The standard InChI is InChI=1S/C21H26ClN7O/c1-16-11-19(26-30-16)15-27-7-9-28(10-8-27)21(23-2)24-12-17-13-25-29(14-17)20-5-3-18(22)4-6-20/h3-6,11,13-14H,7-10,12,15H2,1-2H3,(H,23,24). The molecule has 3 aromatic rings. The van der Waals surface area contributed by atoms with Crippen LogP contribution < -0.4 is 5.32 Å². The van der Waals surface area contributed by atoms with Gasteiger partial charge in [0.1, 0.15) is 5.76 Å². The number of nitrogens with zero attached hydrogens (tertiary/aromatic N) is 6. The maximum atomic E-state index is 5.96. The Morgan fingerprint density at radius 2 is 1.97 bits per heavy atom. The second kappa shape index (κ2) is 9.32. The quantitative estimate of drug-likeness (QED) is 0.498. The Morgan fingerprint density at radius 1 is 1.20 bits per heavy atom. The predicted octanol–water partition coefficient (Wildman–Crippen LogP) is 2.72. The van der Waals surface area contributed by atoms with E-state index in [0.717, 1.165) is 61.4 Å². The summed E-state index contributed by atoms with van der Waals surface area (Å²) in [5.41, 5.74) is 3.06. The molecule has 1 aromatic carbocycles. The van der Waals surface area contributed by atoms with Gasteiger partial charge < -0.3 is 14.7 Å². The van der Waals surface area contributed by atoms with Crippen molar-refractivity contribution in [2.24, 2.45) is 4.99 Å². The Labute approximate surface area is 181 Å². The van der Waals surface area contributed by atoms with Crippen molar-refractivity contribution in [3.05, 3.63) is 64.8 Å². The van der Waals surface area contributed by atoms with Gasteiger partial charge in [-0.25, -0.2) is 4.68 Å². The number of benzene rings is 1. The maximum absolute atomic E-state index is 5.96. The summed E-state index contributed by atoms with van der Waals surface area (Å²) in [5, 5.41) is 12.7. The summed E-state index contributed by atoms with van der Waals surface area (Å²) in [6.45, 7) is 7.16. The zero-order valence-corrected chi connectivity index (χ0v) is 18.0. The Balaban J connectivity index is 1.28. The molecule has 0 saturated carbocycles. The van der Waals surface area contributed by atoms with E-state index in [1.807, 2.05) is 61.4 Å². The van der Waals surface area contributed by atoms with Crippen molar-refractivity contribution < 1.29 is 4.52 Å². The summed E-state index contributed by atoms with van der Waals surface area (Å²) < 4.78 is 7.01. The molecule has 1 N–H and O–H groups in total. The van der Waals surface area contributed by atoms with Crippen LogP contribution in [0, 0.1) is 6.92 Å². The van der Waals surface area contributed by atoms with E-state index in [0.29, 0.717) is 11.6 Å². The molecule has 0 spiro atoms. The van der Waals surface area contributed by atoms with E-state index >= 15 is 0 Å². The smallest absolute Gasteiger partial charge is 0.194 e. The van der Waals surface area contributed by atoms with Crippen molar-refractivity contribution in [2.75, 3.05) is 33.2 Å². The van der Waals surface area contributed by atoms with Gasteiger partial charge in [0.05, 0.1) is 17.6 Å². The molecule has 1 saturated heterocycles. The van der Waals surface area contributed by atoms with Crippen LogP contribution in [0.25, 0.3) is 5.69 Å². The van der Waals surface area contributed by atoms with Gasteiger partial charge in [0.15, 0.2) is 5.96 Å². The molecule has 0 bridgehead atoms. The highest BCUT2D eigenvalue weighted by Gasteiger charge is 2.20. The van der Waals surface area contributed by atoms with E-state index in [-0.39, 0.29) is 0 Å². The molecular formula is C21H26ClN7O. The van der Waals surface area contributed by atoms with Crippen molar-refractivity contribution in [3.8, 4) is 5.69 Å². The summed E-state index contributed by atoms with van der Waals surface area (Å²) in [7, 11) is 1.82. The monoisotopic (exact) mass is 427 g/mol. The van der Waals surface area contributed by atoms with Crippen LogP contribution in [0.3, 0.4) is 0 Å². The fraction of sp³-hybridized carbons (Fsp3) is 0.381. The molecule has 0 aliphatic carbocycles. The van der Waals surface area contributed by atoms with E-state index in [4.69, 9.17) is 16.1 Å². The first-order chi connectivity index (χ1) is 14.6. The number of piperazine rings is 1. The first-order valence-electron chi connectivity index (χ1n) is 10.0. The second-order valence-electron chi connectivity index (χ2n) is 7.36. The molecule has 8 nitrogen and oxygen atoms in total. The molecule has 1 aliphatic rings. The molecule has 0 radical (unpaired) electrons. The van der Waals surface area contributed by atoms with Crippen molar-refractivity contribution in [1.82, 2.24) is 30.1 Å². The summed E-state index contributed by atoms with van der Waals surface area (Å²) in [6.07, 6.45) is 3.88. The lowest BCUT2D eigenvalue weighted by Crippen LogP contribution is -2.52. The average Bonchev–Trinajstić information content (AvgIpc) is 3.39. The van der Waals surface area contributed by atoms with Gasteiger partial charge >= 0.3 is 0 Å². The van der Waals surface area contributed by atoms with E-state index < -0.39 is 0 Å². The summed E-state index contributed by atoms with van der Waals surface area (Å²) >= 11 is 5.96. The van der Waals surface area contributed by atoms with Gasteiger partial charge in [-0.1, -0.05) is 16.8 Å². The Hall–Kier alpha value is -2.84. The van der Waals surface area contributed by atoms with Crippen LogP contribution in [0.1, 0.15) is 17.0 Å². The lowest BCUT2D eigenvalue weighted by molar-refractivity contribution is 0.169. The minimum Gasteiger partial charge on any atom is -0.361 e. The number of rotatable bonds is 5. The number of aliphatic imine (C=N–C) groups is 1. The van der Waals surface area contributed by atoms with E-state index in [9.17, 15) is 0 Å². The first-order valence-corrected chi connectivity index (χ1v) is 10.4. The number of hydrogen-bond acceptors (Lipinski definition) is 5. The normalized spacial score (nSPS) is 15.6. The lowest BCUT2D eigenvalue weighted by atomic mass is 10.3. The zero-order chi connectivity index (χ0) is 20.9. The van der Waals surface area contributed by atoms with Gasteiger partial charge in [-0.3, -0.25) is 9.89 Å². The van der Waals surface area contributed by atoms with Crippen LogP contribution in [0.15, 0.2) is 52.2 Å². The van der Waals surface area contributed by atoms with E-state index in [1.165, 1.54) is 0 Å². The number of aryl methyl sites for hydroxylation is 1. The lowest BCUT2D eigenvalue weighted by Gasteiger charge is -2.36. The van der Waals surface area contributed by atoms with E-state index in [1.54, 1.807) is 0 Å². The predicted molar refractivity (Wildman–Crippen MR) is 117 cm³/mol. The highest BCUT2D eigenvalue weighted by Crippen LogP contribution is 2.14. The molecule has 2 aromatic heterocycles. The molecule has 0 unspecified atom stereocenters. The molecule has 1 fully saturated rings. The van der Waals surface area contributed by atoms with Crippen LogP contribution >= 0.6 is 11.6 Å². The van der Waals surface area contributed by atoms with Gasteiger partial charge in [-0.2, -0.15) is 5.10 Å². The third-order valence-corrected chi connectivity index (χ3v) is 5.38.